The zero-order valence-electron chi connectivity index (χ0n) is 14.2. The number of carbonyl (C=O) groups excluding carboxylic acids is 2. The van der Waals surface area contributed by atoms with Crippen molar-refractivity contribution in [3.05, 3.63) is 35.9 Å². The monoisotopic (exact) mass is 329 g/mol. The van der Waals surface area contributed by atoms with E-state index >= 15 is 0 Å². The molecule has 2 saturated heterocycles. The number of nitrogens with zero attached hydrogens (tertiary/aromatic N) is 2. The van der Waals surface area contributed by atoms with E-state index in [1.165, 1.54) is 6.42 Å². The lowest BCUT2D eigenvalue weighted by atomic mass is 10.0. The Labute approximate surface area is 144 Å². The maximum atomic E-state index is 12.5. The molecule has 0 spiro atoms. The van der Waals surface area contributed by atoms with E-state index in [1.807, 2.05) is 23.1 Å². The third-order valence-electron chi connectivity index (χ3n) is 5.05. The van der Waals surface area contributed by atoms with E-state index in [1.54, 1.807) is 0 Å². The number of hydrogen-bond donors (Lipinski definition) is 1. The van der Waals surface area contributed by atoms with Gasteiger partial charge in [0.2, 0.25) is 11.8 Å². The van der Waals surface area contributed by atoms with Gasteiger partial charge < -0.3 is 10.2 Å². The zero-order chi connectivity index (χ0) is 16.8. The number of benzene rings is 1. The summed E-state index contributed by atoms with van der Waals surface area (Å²) in [4.78, 5) is 28.7. The Morgan fingerprint density at radius 3 is 2.58 bits per heavy atom. The van der Waals surface area contributed by atoms with Crippen molar-refractivity contribution in [3.63, 3.8) is 0 Å². The SMILES string of the molecule is O=C1CC(c2ccccc2)N(CCC(=O)N2CCCCC2)CCN1. The standard InChI is InChI=1S/C19H27N3O2/c23-18-15-17(16-7-3-1-4-8-16)21(14-10-20-18)13-9-19(24)22-11-5-2-6-12-22/h1,3-4,7-8,17H,2,5-6,9-15H2,(H,20,23). The van der Waals surface area contributed by atoms with Crippen LogP contribution in [0.5, 0.6) is 0 Å². The molecule has 0 radical (unpaired) electrons. The first kappa shape index (κ1) is 17.0. The summed E-state index contributed by atoms with van der Waals surface area (Å²) in [6.07, 6.45) is 4.49. The number of likely N-dealkylation sites (tertiary alicyclic amines) is 1. The number of amides is 2. The molecule has 2 heterocycles. The summed E-state index contributed by atoms with van der Waals surface area (Å²) < 4.78 is 0. The molecule has 1 aromatic rings. The third-order valence-corrected chi connectivity index (χ3v) is 5.05. The van der Waals surface area contributed by atoms with Crippen molar-refractivity contribution < 1.29 is 9.59 Å². The second-order valence-electron chi connectivity index (χ2n) is 6.71. The molecule has 3 rings (SSSR count). The van der Waals surface area contributed by atoms with E-state index < -0.39 is 0 Å². The van der Waals surface area contributed by atoms with Crippen LogP contribution in [-0.2, 0) is 9.59 Å². The zero-order valence-corrected chi connectivity index (χ0v) is 14.2. The summed E-state index contributed by atoms with van der Waals surface area (Å²) >= 11 is 0. The van der Waals surface area contributed by atoms with Gasteiger partial charge in [0.1, 0.15) is 0 Å². The highest BCUT2D eigenvalue weighted by atomic mass is 16.2. The first-order valence-electron chi connectivity index (χ1n) is 9.07. The van der Waals surface area contributed by atoms with Crippen molar-refractivity contribution in [3.8, 4) is 0 Å². The second-order valence-corrected chi connectivity index (χ2v) is 6.71. The topological polar surface area (TPSA) is 52.7 Å². The van der Waals surface area contributed by atoms with Crippen molar-refractivity contribution in [2.24, 2.45) is 0 Å². The van der Waals surface area contributed by atoms with Crippen molar-refractivity contribution in [2.45, 2.75) is 38.1 Å². The van der Waals surface area contributed by atoms with E-state index in [-0.39, 0.29) is 17.9 Å². The first-order valence-corrected chi connectivity index (χ1v) is 9.07. The summed E-state index contributed by atoms with van der Waals surface area (Å²) in [7, 11) is 0. The summed E-state index contributed by atoms with van der Waals surface area (Å²) in [5.41, 5.74) is 1.15. The Bertz CT molecular complexity index is 555. The normalized spacial score (nSPS) is 22.8. The fourth-order valence-corrected chi connectivity index (χ4v) is 3.68. The van der Waals surface area contributed by atoms with Gasteiger partial charge in [-0.1, -0.05) is 30.3 Å². The minimum Gasteiger partial charge on any atom is -0.355 e. The molecule has 0 bridgehead atoms. The van der Waals surface area contributed by atoms with E-state index in [9.17, 15) is 9.59 Å². The molecule has 0 saturated carbocycles. The molecule has 1 N–H and O–H groups in total. The molecule has 5 nitrogen and oxygen atoms in total. The van der Waals surface area contributed by atoms with E-state index in [0.717, 1.165) is 38.0 Å². The summed E-state index contributed by atoms with van der Waals surface area (Å²) in [6.45, 7) is 3.96. The molecule has 2 aliphatic heterocycles. The molecule has 1 unspecified atom stereocenters. The maximum Gasteiger partial charge on any atom is 0.223 e. The highest BCUT2D eigenvalue weighted by molar-refractivity contribution is 5.77. The maximum absolute atomic E-state index is 12.5. The van der Waals surface area contributed by atoms with Crippen molar-refractivity contribution >= 4 is 11.8 Å². The molecular weight excluding hydrogens is 302 g/mol. The van der Waals surface area contributed by atoms with Gasteiger partial charge in [-0.2, -0.15) is 0 Å². The minimum atomic E-state index is 0.0582. The molecule has 130 valence electrons. The van der Waals surface area contributed by atoms with E-state index in [4.69, 9.17) is 0 Å². The molecule has 24 heavy (non-hydrogen) atoms. The van der Waals surface area contributed by atoms with E-state index in [0.29, 0.717) is 25.9 Å². The number of nitrogens with one attached hydrogen (secondary N) is 1. The van der Waals surface area contributed by atoms with Gasteiger partial charge in [0.05, 0.1) is 0 Å². The van der Waals surface area contributed by atoms with Crippen molar-refractivity contribution in [2.75, 3.05) is 32.7 Å². The van der Waals surface area contributed by atoms with Gasteiger partial charge in [-0.25, -0.2) is 0 Å². The van der Waals surface area contributed by atoms with Gasteiger partial charge in [-0.15, -0.1) is 0 Å². The van der Waals surface area contributed by atoms with Crippen LogP contribution < -0.4 is 5.32 Å². The van der Waals surface area contributed by atoms with Crippen LogP contribution in [0.3, 0.4) is 0 Å². The summed E-state index contributed by atoms with van der Waals surface area (Å²) in [5, 5.41) is 2.95. The Kier molecular flexibility index (Phi) is 5.86. The number of hydrogen-bond acceptors (Lipinski definition) is 3. The highest BCUT2D eigenvalue weighted by Gasteiger charge is 2.27. The Hall–Kier alpha value is -1.88. The number of rotatable bonds is 4. The fraction of sp³-hybridized carbons (Fsp3) is 0.579. The molecule has 2 amide bonds. The summed E-state index contributed by atoms with van der Waals surface area (Å²) in [5.74, 6) is 0.346. The Morgan fingerprint density at radius 2 is 1.83 bits per heavy atom. The van der Waals surface area contributed by atoms with Crippen LogP contribution in [0.15, 0.2) is 30.3 Å². The van der Waals surface area contributed by atoms with Gasteiger partial charge in [-0.3, -0.25) is 14.5 Å². The summed E-state index contributed by atoms with van der Waals surface area (Å²) in [6, 6.07) is 10.2. The Balaban J connectivity index is 1.64. The number of carbonyl (C=O) groups is 2. The highest BCUT2D eigenvalue weighted by Crippen LogP contribution is 2.26. The van der Waals surface area contributed by atoms with Gasteiger partial charge in [0, 0.05) is 51.6 Å². The van der Waals surface area contributed by atoms with Gasteiger partial charge in [0.15, 0.2) is 0 Å². The molecule has 1 atom stereocenters. The van der Waals surface area contributed by atoms with Gasteiger partial charge in [-0.05, 0) is 24.8 Å². The average Bonchev–Trinajstić information content (AvgIpc) is 2.82. The lowest BCUT2D eigenvalue weighted by Crippen LogP contribution is -2.39. The molecular formula is C19H27N3O2. The molecule has 0 aromatic heterocycles. The van der Waals surface area contributed by atoms with Crippen LogP contribution in [0.25, 0.3) is 0 Å². The Morgan fingerprint density at radius 1 is 1.08 bits per heavy atom. The van der Waals surface area contributed by atoms with Crippen LogP contribution >= 0.6 is 0 Å². The molecule has 2 aliphatic rings. The van der Waals surface area contributed by atoms with Crippen LogP contribution in [-0.4, -0.2) is 54.3 Å². The lowest BCUT2D eigenvalue weighted by Gasteiger charge is -2.31. The molecule has 0 aliphatic carbocycles. The third kappa shape index (κ3) is 4.35. The molecule has 5 heteroatoms. The lowest BCUT2D eigenvalue weighted by molar-refractivity contribution is -0.132. The van der Waals surface area contributed by atoms with Gasteiger partial charge >= 0.3 is 0 Å². The smallest absolute Gasteiger partial charge is 0.223 e. The van der Waals surface area contributed by atoms with Gasteiger partial charge in [0.25, 0.3) is 0 Å². The van der Waals surface area contributed by atoms with Crippen LogP contribution in [0.2, 0.25) is 0 Å². The molecule has 1 aromatic carbocycles. The van der Waals surface area contributed by atoms with Crippen LogP contribution in [0.4, 0.5) is 0 Å². The average molecular weight is 329 g/mol. The van der Waals surface area contributed by atoms with Crippen LogP contribution in [0, 0.1) is 0 Å². The fourth-order valence-electron chi connectivity index (χ4n) is 3.68. The van der Waals surface area contributed by atoms with E-state index in [2.05, 4.69) is 22.3 Å². The second kappa shape index (κ2) is 8.29. The predicted molar refractivity (Wildman–Crippen MR) is 93.4 cm³/mol. The first-order chi connectivity index (χ1) is 11.7. The van der Waals surface area contributed by atoms with Crippen LogP contribution in [0.1, 0.15) is 43.7 Å². The minimum absolute atomic E-state index is 0.0582. The number of piperidine rings is 1. The predicted octanol–water partition coefficient (Wildman–Crippen LogP) is 1.95. The quantitative estimate of drug-likeness (QED) is 0.919. The largest absolute Gasteiger partial charge is 0.355 e. The molecule has 2 fully saturated rings. The van der Waals surface area contributed by atoms with Crippen molar-refractivity contribution in [1.29, 1.82) is 0 Å². The van der Waals surface area contributed by atoms with Crippen molar-refractivity contribution in [1.82, 2.24) is 15.1 Å².